The number of hydrogen-bond donors (Lipinski definition) is 1. The average Bonchev–Trinajstić information content (AvgIpc) is 3.64. The lowest BCUT2D eigenvalue weighted by atomic mass is 10.1. The van der Waals surface area contributed by atoms with Crippen molar-refractivity contribution in [2.75, 3.05) is 6.54 Å². The standard InChI is InChI=1S/C25H24BrClN4O3/c1-15(16-5-3-2-4-6-16)28-23(32)22-21-14-29(24(33)17-7-10-19(26)20(27)13-17)11-12-30(21)25(34)31(22)18-8-9-18/h2-7,10,13,15,18H,8-9,11-12,14H2,1H3,(H,28,32)/t15-/m0/s1. The van der Waals surface area contributed by atoms with E-state index >= 15 is 0 Å². The minimum Gasteiger partial charge on any atom is -0.344 e. The maximum Gasteiger partial charge on any atom is 0.329 e. The predicted molar refractivity (Wildman–Crippen MR) is 133 cm³/mol. The number of amides is 2. The van der Waals surface area contributed by atoms with Crippen molar-refractivity contribution in [3.05, 3.63) is 91.0 Å². The molecule has 1 N–H and O–H groups in total. The fourth-order valence-electron chi connectivity index (χ4n) is 4.47. The average molecular weight is 544 g/mol. The lowest BCUT2D eigenvalue weighted by Crippen LogP contribution is -2.41. The molecule has 0 spiro atoms. The van der Waals surface area contributed by atoms with Gasteiger partial charge in [0.25, 0.3) is 11.8 Å². The molecule has 34 heavy (non-hydrogen) atoms. The number of halogens is 2. The SMILES string of the molecule is C[C@H](NC(=O)c1c2n(c(=O)n1C1CC1)CCN(C(=O)c1ccc(Br)c(Cl)c1)C2)c1ccccc1. The van der Waals surface area contributed by atoms with Crippen LogP contribution in [0.15, 0.2) is 57.8 Å². The molecule has 1 saturated carbocycles. The second-order valence-electron chi connectivity index (χ2n) is 8.79. The summed E-state index contributed by atoms with van der Waals surface area (Å²) in [6.07, 6.45) is 1.75. The molecule has 3 aromatic rings. The number of fused-ring (bicyclic) bond motifs is 1. The molecule has 2 aromatic carbocycles. The molecule has 2 heterocycles. The van der Waals surface area contributed by atoms with E-state index in [0.717, 1.165) is 18.4 Å². The summed E-state index contributed by atoms with van der Waals surface area (Å²) < 4.78 is 4.00. The highest BCUT2D eigenvalue weighted by Gasteiger charge is 2.37. The normalized spacial score (nSPS) is 16.1. The highest BCUT2D eigenvalue weighted by atomic mass is 79.9. The molecule has 2 aliphatic rings. The van der Waals surface area contributed by atoms with E-state index in [2.05, 4.69) is 21.2 Å². The second-order valence-corrected chi connectivity index (χ2v) is 10.1. The quantitative estimate of drug-likeness (QED) is 0.513. The summed E-state index contributed by atoms with van der Waals surface area (Å²) in [7, 11) is 0. The fourth-order valence-corrected chi connectivity index (χ4v) is 4.89. The lowest BCUT2D eigenvalue weighted by molar-refractivity contribution is 0.0706. The van der Waals surface area contributed by atoms with Gasteiger partial charge < -0.3 is 10.2 Å². The second kappa shape index (κ2) is 9.07. The Morgan fingerprint density at radius 2 is 1.85 bits per heavy atom. The Hall–Kier alpha value is -2.84. The summed E-state index contributed by atoms with van der Waals surface area (Å²) in [5, 5.41) is 3.50. The minimum atomic E-state index is -0.296. The zero-order chi connectivity index (χ0) is 24.0. The lowest BCUT2D eigenvalue weighted by Gasteiger charge is -2.28. The van der Waals surface area contributed by atoms with Crippen molar-refractivity contribution in [3.8, 4) is 0 Å². The van der Waals surface area contributed by atoms with E-state index in [1.54, 1.807) is 32.2 Å². The molecule has 7 nitrogen and oxygen atoms in total. The predicted octanol–water partition coefficient (Wildman–Crippen LogP) is 4.55. The summed E-state index contributed by atoms with van der Waals surface area (Å²) in [4.78, 5) is 41.6. The van der Waals surface area contributed by atoms with Crippen LogP contribution in [0, 0.1) is 0 Å². The van der Waals surface area contributed by atoms with Crippen molar-refractivity contribution in [2.24, 2.45) is 0 Å². The van der Waals surface area contributed by atoms with E-state index in [4.69, 9.17) is 11.6 Å². The van der Waals surface area contributed by atoms with Crippen molar-refractivity contribution in [1.82, 2.24) is 19.4 Å². The Kier molecular flexibility index (Phi) is 6.12. The van der Waals surface area contributed by atoms with Gasteiger partial charge in [-0.1, -0.05) is 41.9 Å². The van der Waals surface area contributed by atoms with E-state index < -0.39 is 0 Å². The van der Waals surface area contributed by atoms with Crippen LogP contribution in [-0.4, -0.2) is 32.4 Å². The number of aromatic nitrogens is 2. The highest BCUT2D eigenvalue weighted by Crippen LogP contribution is 2.36. The molecule has 0 saturated heterocycles. The van der Waals surface area contributed by atoms with Gasteiger partial charge in [0.1, 0.15) is 5.69 Å². The molecule has 0 unspecified atom stereocenters. The van der Waals surface area contributed by atoms with Crippen molar-refractivity contribution in [1.29, 1.82) is 0 Å². The minimum absolute atomic E-state index is 0.0350. The number of nitrogens with one attached hydrogen (secondary N) is 1. The number of carbonyl (C=O) groups excluding carboxylic acids is 2. The molecule has 1 aliphatic carbocycles. The van der Waals surface area contributed by atoms with Crippen LogP contribution in [0.4, 0.5) is 0 Å². The molecule has 5 rings (SSSR count). The molecule has 176 valence electrons. The first kappa shape index (κ1) is 22.9. The van der Waals surface area contributed by atoms with Gasteiger partial charge in [-0.2, -0.15) is 0 Å². The molecule has 0 radical (unpaired) electrons. The van der Waals surface area contributed by atoms with Crippen LogP contribution in [0.2, 0.25) is 5.02 Å². The Bertz CT molecular complexity index is 1330. The van der Waals surface area contributed by atoms with Gasteiger partial charge in [-0.15, -0.1) is 0 Å². The van der Waals surface area contributed by atoms with Gasteiger partial charge in [-0.05, 0) is 59.5 Å². The Morgan fingerprint density at radius 1 is 1.12 bits per heavy atom. The van der Waals surface area contributed by atoms with Gasteiger partial charge in [0.05, 0.1) is 23.3 Å². The molecule has 2 amide bonds. The molecular formula is C25H24BrClN4O3. The first-order valence-corrected chi connectivity index (χ1v) is 12.5. The number of imidazole rings is 1. The monoisotopic (exact) mass is 542 g/mol. The van der Waals surface area contributed by atoms with Crippen molar-refractivity contribution in [3.63, 3.8) is 0 Å². The third-order valence-electron chi connectivity index (χ3n) is 6.44. The van der Waals surface area contributed by atoms with Gasteiger partial charge in [-0.3, -0.25) is 18.7 Å². The molecule has 1 atom stereocenters. The van der Waals surface area contributed by atoms with Gasteiger partial charge in [-0.25, -0.2) is 4.79 Å². The van der Waals surface area contributed by atoms with Crippen LogP contribution in [-0.2, 0) is 13.1 Å². The van der Waals surface area contributed by atoms with Crippen LogP contribution in [0.1, 0.15) is 64.0 Å². The maximum absolute atomic E-state index is 13.5. The number of rotatable bonds is 5. The van der Waals surface area contributed by atoms with Gasteiger partial charge in [0, 0.05) is 29.2 Å². The number of carbonyl (C=O) groups is 2. The first-order valence-electron chi connectivity index (χ1n) is 11.3. The first-order chi connectivity index (χ1) is 16.3. The molecule has 1 aliphatic heterocycles. The van der Waals surface area contributed by atoms with Gasteiger partial charge in [0.15, 0.2) is 0 Å². The third kappa shape index (κ3) is 4.20. The largest absolute Gasteiger partial charge is 0.344 e. The van der Waals surface area contributed by atoms with Crippen molar-refractivity contribution >= 4 is 39.3 Å². The van der Waals surface area contributed by atoms with E-state index in [9.17, 15) is 14.4 Å². The molecule has 1 fully saturated rings. The number of nitrogens with zero attached hydrogens (tertiary/aromatic N) is 3. The number of hydrogen-bond acceptors (Lipinski definition) is 3. The summed E-state index contributed by atoms with van der Waals surface area (Å²) in [6, 6.07) is 14.6. The molecule has 1 aromatic heterocycles. The van der Waals surface area contributed by atoms with E-state index in [1.165, 1.54) is 0 Å². The highest BCUT2D eigenvalue weighted by molar-refractivity contribution is 9.10. The van der Waals surface area contributed by atoms with Crippen LogP contribution in [0.25, 0.3) is 0 Å². The number of benzene rings is 2. The topological polar surface area (TPSA) is 76.3 Å². The van der Waals surface area contributed by atoms with E-state index in [-0.39, 0.29) is 36.1 Å². The zero-order valence-electron chi connectivity index (χ0n) is 18.6. The smallest absolute Gasteiger partial charge is 0.329 e. The summed E-state index contributed by atoms with van der Waals surface area (Å²) >= 11 is 9.54. The third-order valence-corrected chi connectivity index (χ3v) is 7.67. The summed E-state index contributed by atoms with van der Waals surface area (Å²) in [5.41, 5.74) is 2.22. The van der Waals surface area contributed by atoms with Crippen LogP contribution in [0.5, 0.6) is 0 Å². The van der Waals surface area contributed by atoms with Gasteiger partial charge >= 0.3 is 5.69 Å². The van der Waals surface area contributed by atoms with Crippen LogP contribution >= 0.6 is 27.5 Å². The maximum atomic E-state index is 13.5. The van der Waals surface area contributed by atoms with Crippen molar-refractivity contribution in [2.45, 2.75) is 44.9 Å². The van der Waals surface area contributed by atoms with Gasteiger partial charge in [0.2, 0.25) is 0 Å². The fraction of sp³-hybridized carbons (Fsp3) is 0.320. The molecule has 0 bridgehead atoms. The Labute approximate surface area is 210 Å². The van der Waals surface area contributed by atoms with Crippen molar-refractivity contribution < 1.29 is 9.59 Å². The van der Waals surface area contributed by atoms with E-state index in [0.29, 0.717) is 39.5 Å². The Balaban J connectivity index is 1.47. The van der Waals surface area contributed by atoms with Crippen LogP contribution < -0.4 is 11.0 Å². The zero-order valence-corrected chi connectivity index (χ0v) is 21.0. The summed E-state index contributed by atoms with van der Waals surface area (Å²) in [6.45, 7) is 2.83. The van der Waals surface area contributed by atoms with Crippen LogP contribution in [0.3, 0.4) is 0 Å². The molecule has 9 heteroatoms. The summed E-state index contributed by atoms with van der Waals surface area (Å²) in [5.74, 6) is -0.480. The van der Waals surface area contributed by atoms with E-state index in [1.807, 2.05) is 37.3 Å². The molecular weight excluding hydrogens is 520 g/mol. The Morgan fingerprint density at radius 3 is 2.53 bits per heavy atom.